The summed E-state index contributed by atoms with van der Waals surface area (Å²) >= 11 is 0. The van der Waals surface area contributed by atoms with Gasteiger partial charge >= 0.3 is 5.97 Å². The Kier molecular flexibility index (Phi) is 2.24. The first-order chi connectivity index (χ1) is 7.95. The maximum absolute atomic E-state index is 11.7. The summed E-state index contributed by atoms with van der Waals surface area (Å²) in [4.78, 5) is 11.7. The second-order valence-electron chi connectivity index (χ2n) is 6.88. The van der Waals surface area contributed by atoms with Crippen LogP contribution in [-0.2, 0) is 9.53 Å². The van der Waals surface area contributed by atoms with Crippen molar-refractivity contribution in [3.63, 3.8) is 0 Å². The fraction of sp³-hybridized carbons (Fsp3) is 0.800. The zero-order chi connectivity index (χ0) is 12.3. The van der Waals surface area contributed by atoms with E-state index in [1.54, 1.807) is 0 Å². The van der Waals surface area contributed by atoms with Crippen molar-refractivity contribution in [2.45, 2.75) is 52.9 Å². The van der Waals surface area contributed by atoms with Crippen molar-refractivity contribution < 1.29 is 9.53 Å². The minimum atomic E-state index is -0.0388. The Labute approximate surface area is 103 Å². The smallest absolute Gasteiger partial charge is 0.334 e. The molecule has 3 aliphatic rings. The highest BCUT2D eigenvalue weighted by atomic mass is 16.5. The first kappa shape index (κ1) is 11.3. The van der Waals surface area contributed by atoms with E-state index in [9.17, 15) is 4.79 Å². The highest BCUT2D eigenvalue weighted by molar-refractivity contribution is 5.92. The maximum atomic E-state index is 11.7. The third-order valence-corrected chi connectivity index (χ3v) is 5.56. The molecule has 17 heavy (non-hydrogen) atoms. The van der Waals surface area contributed by atoms with Gasteiger partial charge in [0, 0.05) is 5.57 Å². The van der Waals surface area contributed by atoms with Crippen molar-refractivity contribution in [3.8, 4) is 0 Å². The Morgan fingerprint density at radius 2 is 2.00 bits per heavy atom. The molecule has 0 N–H and O–H groups in total. The largest absolute Gasteiger partial charge is 0.458 e. The lowest BCUT2D eigenvalue weighted by atomic mass is 9.50. The average molecular weight is 234 g/mol. The Morgan fingerprint density at radius 1 is 1.24 bits per heavy atom. The van der Waals surface area contributed by atoms with Crippen molar-refractivity contribution in [1.29, 1.82) is 0 Å². The fourth-order valence-corrected chi connectivity index (χ4v) is 4.68. The van der Waals surface area contributed by atoms with E-state index in [0.717, 1.165) is 24.3 Å². The highest BCUT2D eigenvalue weighted by Crippen LogP contribution is 2.60. The van der Waals surface area contributed by atoms with Crippen LogP contribution < -0.4 is 0 Å². The molecule has 0 aromatic carbocycles. The van der Waals surface area contributed by atoms with E-state index in [0.29, 0.717) is 12.0 Å². The number of ether oxygens (including phenoxy) is 1. The van der Waals surface area contributed by atoms with Crippen LogP contribution in [0.4, 0.5) is 0 Å². The van der Waals surface area contributed by atoms with Gasteiger partial charge in [-0.2, -0.15) is 0 Å². The summed E-state index contributed by atoms with van der Waals surface area (Å²) in [7, 11) is 0. The molecule has 0 aromatic heterocycles. The molecule has 0 amide bonds. The molecule has 2 heteroatoms. The van der Waals surface area contributed by atoms with Crippen LogP contribution in [0.15, 0.2) is 11.1 Å². The van der Waals surface area contributed by atoms with Gasteiger partial charge < -0.3 is 4.74 Å². The molecule has 3 rings (SSSR count). The van der Waals surface area contributed by atoms with E-state index in [4.69, 9.17) is 4.74 Å². The molecule has 1 heterocycles. The summed E-state index contributed by atoms with van der Waals surface area (Å²) in [6, 6.07) is 0. The topological polar surface area (TPSA) is 26.3 Å². The Balaban J connectivity index is 2.06. The van der Waals surface area contributed by atoms with Gasteiger partial charge in [0.2, 0.25) is 0 Å². The molecule has 0 aromatic rings. The number of carbonyl (C=O) groups excluding carboxylic acids is 1. The van der Waals surface area contributed by atoms with Crippen LogP contribution >= 0.6 is 0 Å². The SMILES string of the molecule is CC1(C)CCC[C@]2(C)C3=C(CCC12)C(=O)OC3. The van der Waals surface area contributed by atoms with Gasteiger partial charge in [-0.3, -0.25) is 0 Å². The second kappa shape index (κ2) is 3.37. The van der Waals surface area contributed by atoms with Crippen LogP contribution in [0.3, 0.4) is 0 Å². The molecule has 1 fully saturated rings. The molecule has 2 aliphatic carbocycles. The summed E-state index contributed by atoms with van der Waals surface area (Å²) in [5.74, 6) is 0.681. The van der Waals surface area contributed by atoms with Gasteiger partial charge in [-0.15, -0.1) is 0 Å². The maximum Gasteiger partial charge on any atom is 0.334 e. The van der Waals surface area contributed by atoms with Gasteiger partial charge in [0.05, 0.1) is 0 Å². The fourth-order valence-electron chi connectivity index (χ4n) is 4.68. The molecule has 1 aliphatic heterocycles. The number of rotatable bonds is 0. The molecule has 0 radical (unpaired) electrons. The highest BCUT2D eigenvalue weighted by Gasteiger charge is 2.53. The van der Waals surface area contributed by atoms with Crippen molar-refractivity contribution in [3.05, 3.63) is 11.1 Å². The molecule has 2 nitrogen and oxygen atoms in total. The third kappa shape index (κ3) is 1.42. The molecule has 0 bridgehead atoms. The summed E-state index contributed by atoms with van der Waals surface area (Å²) in [5.41, 5.74) is 2.99. The predicted molar refractivity (Wildman–Crippen MR) is 66.4 cm³/mol. The van der Waals surface area contributed by atoms with Gasteiger partial charge in [0.1, 0.15) is 6.61 Å². The lowest BCUT2D eigenvalue weighted by Crippen LogP contribution is -2.45. The van der Waals surface area contributed by atoms with Crippen molar-refractivity contribution in [1.82, 2.24) is 0 Å². The van der Waals surface area contributed by atoms with Crippen LogP contribution in [0.1, 0.15) is 52.9 Å². The molecular formula is C15H22O2. The van der Waals surface area contributed by atoms with E-state index < -0.39 is 0 Å². The second-order valence-corrected chi connectivity index (χ2v) is 6.88. The minimum Gasteiger partial charge on any atom is -0.458 e. The van der Waals surface area contributed by atoms with Crippen LogP contribution in [0.25, 0.3) is 0 Å². The number of fused-ring (bicyclic) bond motifs is 2. The molecule has 0 spiro atoms. The molecule has 1 saturated carbocycles. The van der Waals surface area contributed by atoms with E-state index in [1.807, 2.05) is 0 Å². The third-order valence-electron chi connectivity index (χ3n) is 5.56. The van der Waals surface area contributed by atoms with Gasteiger partial charge in [0.25, 0.3) is 0 Å². The summed E-state index contributed by atoms with van der Waals surface area (Å²) in [5, 5.41) is 0. The van der Waals surface area contributed by atoms with E-state index in [1.165, 1.54) is 24.8 Å². The van der Waals surface area contributed by atoms with Gasteiger partial charge in [-0.1, -0.05) is 27.2 Å². The normalized spacial score (nSPS) is 39.7. The number of hydrogen-bond donors (Lipinski definition) is 0. The lowest BCUT2D eigenvalue weighted by molar-refractivity contribution is -0.136. The summed E-state index contributed by atoms with van der Waals surface area (Å²) in [6.45, 7) is 7.74. The Bertz CT molecular complexity index is 405. The van der Waals surface area contributed by atoms with E-state index >= 15 is 0 Å². The number of carbonyl (C=O) groups is 1. The molecular weight excluding hydrogens is 212 g/mol. The van der Waals surface area contributed by atoms with Crippen molar-refractivity contribution in [2.75, 3.05) is 6.61 Å². The zero-order valence-corrected chi connectivity index (χ0v) is 11.1. The molecule has 0 saturated heterocycles. The summed E-state index contributed by atoms with van der Waals surface area (Å²) in [6.07, 6.45) is 5.95. The summed E-state index contributed by atoms with van der Waals surface area (Å²) < 4.78 is 5.27. The number of esters is 1. The quantitative estimate of drug-likeness (QED) is 0.600. The Morgan fingerprint density at radius 3 is 2.76 bits per heavy atom. The number of cyclic esters (lactones) is 1. The first-order valence-electron chi connectivity index (χ1n) is 6.85. The van der Waals surface area contributed by atoms with E-state index in [2.05, 4.69) is 20.8 Å². The van der Waals surface area contributed by atoms with Crippen LogP contribution in [0.5, 0.6) is 0 Å². The van der Waals surface area contributed by atoms with Gasteiger partial charge in [0.15, 0.2) is 0 Å². The van der Waals surface area contributed by atoms with Crippen molar-refractivity contribution >= 4 is 5.97 Å². The van der Waals surface area contributed by atoms with Crippen molar-refractivity contribution in [2.24, 2.45) is 16.7 Å². The van der Waals surface area contributed by atoms with Crippen LogP contribution in [0, 0.1) is 16.7 Å². The zero-order valence-electron chi connectivity index (χ0n) is 11.1. The minimum absolute atomic E-state index is 0.0388. The van der Waals surface area contributed by atoms with Gasteiger partial charge in [-0.05, 0) is 48.0 Å². The van der Waals surface area contributed by atoms with Crippen LogP contribution in [-0.4, -0.2) is 12.6 Å². The molecule has 2 atom stereocenters. The molecule has 94 valence electrons. The number of hydrogen-bond acceptors (Lipinski definition) is 2. The Hall–Kier alpha value is -0.790. The van der Waals surface area contributed by atoms with Gasteiger partial charge in [-0.25, -0.2) is 4.79 Å². The average Bonchev–Trinajstić information content (AvgIpc) is 2.60. The monoisotopic (exact) mass is 234 g/mol. The standard InChI is InChI=1S/C15H22O2/c1-14(2)7-4-8-15(3)11-9-17-13(16)10(11)5-6-12(14)15/h12H,4-9H2,1-3H3/t12?,15-/m1/s1. The van der Waals surface area contributed by atoms with Crippen LogP contribution in [0.2, 0.25) is 0 Å². The van der Waals surface area contributed by atoms with E-state index in [-0.39, 0.29) is 11.4 Å². The molecule has 1 unspecified atom stereocenters. The predicted octanol–water partition coefficient (Wildman–Crippen LogP) is 3.47. The lowest BCUT2D eigenvalue weighted by Gasteiger charge is -2.53. The first-order valence-corrected chi connectivity index (χ1v) is 6.85.